The third-order valence-electron chi connectivity index (χ3n) is 2.71. The van der Waals surface area contributed by atoms with Crippen LogP contribution in [0.25, 0.3) is 0 Å². The van der Waals surface area contributed by atoms with E-state index in [1.165, 1.54) is 24.9 Å². The van der Waals surface area contributed by atoms with E-state index in [9.17, 15) is 0 Å². The number of nitrogens with two attached hydrogens (primary N) is 1. The number of hydrogen-bond acceptors (Lipinski definition) is 3. The molecule has 0 amide bonds. The molecule has 0 aromatic carbocycles. The summed E-state index contributed by atoms with van der Waals surface area (Å²) in [5.41, 5.74) is 6.82. The number of nitrogens with zero attached hydrogens (tertiary/aromatic N) is 2. The fourth-order valence-corrected chi connectivity index (χ4v) is 1.95. The lowest BCUT2D eigenvalue weighted by Crippen LogP contribution is -2.17. The van der Waals surface area contributed by atoms with Crippen molar-refractivity contribution in [3.63, 3.8) is 0 Å². The molecule has 2 rings (SSSR count). The zero-order valence-electron chi connectivity index (χ0n) is 7.90. The van der Waals surface area contributed by atoms with Gasteiger partial charge in [-0.1, -0.05) is 6.07 Å². The van der Waals surface area contributed by atoms with Gasteiger partial charge < -0.3 is 5.73 Å². The minimum absolute atomic E-state index is 0.549. The quantitative estimate of drug-likeness (QED) is 0.705. The average molecular weight is 177 g/mol. The van der Waals surface area contributed by atoms with Gasteiger partial charge in [0.25, 0.3) is 0 Å². The molecule has 13 heavy (non-hydrogen) atoms. The first-order valence-electron chi connectivity index (χ1n) is 4.69. The summed E-state index contributed by atoms with van der Waals surface area (Å²) in [7, 11) is 2.16. The highest BCUT2D eigenvalue weighted by Gasteiger charge is 2.22. The lowest BCUT2D eigenvalue weighted by atomic mass is 10.1. The number of hydrogen-bond donors (Lipinski definition) is 1. The van der Waals surface area contributed by atoms with Gasteiger partial charge in [0.05, 0.1) is 0 Å². The molecule has 1 aromatic heterocycles. The second-order valence-electron chi connectivity index (χ2n) is 3.66. The smallest absolute Gasteiger partial charge is 0.123 e. The minimum atomic E-state index is 0.549. The summed E-state index contributed by atoms with van der Waals surface area (Å²) in [6.07, 6.45) is 4.41. The van der Waals surface area contributed by atoms with Crippen LogP contribution in [0, 0.1) is 0 Å². The molecular formula is C10H15N3. The van der Waals surface area contributed by atoms with Crippen LogP contribution in [0.3, 0.4) is 0 Å². The van der Waals surface area contributed by atoms with Gasteiger partial charge in [0.15, 0.2) is 0 Å². The second kappa shape index (κ2) is 3.34. The van der Waals surface area contributed by atoms with E-state index in [2.05, 4.69) is 23.0 Å². The molecule has 0 spiro atoms. The zero-order chi connectivity index (χ0) is 9.26. The minimum Gasteiger partial charge on any atom is -0.384 e. The molecule has 0 saturated carbocycles. The number of aromatic nitrogens is 1. The average Bonchev–Trinajstić information content (AvgIpc) is 2.53. The van der Waals surface area contributed by atoms with Crippen LogP contribution in [-0.2, 0) is 0 Å². The molecule has 3 nitrogen and oxygen atoms in total. The third-order valence-corrected chi connectivity index (χ3v) is 2.71. The number of likely N-dealkylation sites (tertiary alicyclic amines) is 1. The molecule has 1 saturated heterocycles. The van der Waals surface area contributed by atoms with Crippen LogP contribution in [-0.4, -0.2) is 23.5 Å². The first-order chi connectivity index (χ1) is 6.27. The van der Waals surface area contributed by atoms with Crippen molar-refractivity contribution in [2.75, 3.05) is 19.3 Å². The summed E-state index contributed by atoms with van der Waals surface area (Å²) in [6.45, 7) is 1.19. The summed E-state index contributed by atoms with van der Waals surface area (Å²) in [5, 5.41) is 0. The summed E-state index contributed by atoms with van der Waals surface area (Å²) in [4.78, 5) is 6.48. The van der Waals surface area contributed by atoms with Crippen LogP contribution < -0.4 is 5.73 Å². The number of pyridine rings is 1. The number of anilines is 1. The van der Waals surface area contributed by atoms with E-state index in [1.807, 2.05) is 12.3 Å². The Balaban J connectivity index is 2.20. The molecule has 0 unspecified atom stereocenters. The standard InChI is InChI=1S/C10H15N3/c1-13-6-2-3-9(13)8-4-5-10(11)12-7-8/h4-5,7,9H,2-3,6H2,1H3,(H2,11,12)/t9-/m1/s1. The zero-order valence-corrected chi connectivity index (χ0v) is 7.90. The maximum atomic E-state index is 5.54. The highest BCUT2D eigenvalue weighted by Crippen LogP contribution is 2.29. The molecule has 0 radical (unpaired) electrons. The molecule has 1 aliphatic rings. The van der Waals surface area contributed by atoms with Gasteiger partial charge in [-0.2, -0.15) is 0 Å². The lowest BCUT2D eigenvalue weighted by Gasteiger charge is -2.19. The molecule has 1 atom stereocenters. The monoisotopic (exact) mass is 177 g/mol. The topological polar surface area (TPSA) is 42.1 Å². The summed E-state index contributed by atoms with van der Waals surface area (Å²) in [6, 6.07) is 4.50. The van der Waals surface area contributed by atoms with E-state index in [1.54, 1.807) is 0 Å². The molecular weight excluding hydrogens is 162 g/mol. The molecule has 70 valence electrons. The predicted molar refractivity (Wildman–Crippen MR) is 53.3 cm³/mol. The Bertz CT molecular complexity index is 281. The fourth-order valence-electron chi connectivity index (χ4n) is 1.95. The SMILES string of the molecule is CN1CCC[C@@H]1c1ccc(N)nc1. The maximum absolute atomic E-state index is 5.54. The van der Waals surface area contributed by atoms with Gasteiger partial charge in [-0.05, 0) is 38.1 Å². The Morgan fingerprint density at radius 3 is 2.92 bits per heavy atom. The summed E-state index contributed by atoms with van der Waals surface area (Å²) >= 11 is 0. The largest absolute Gasteiger partial charge is 0.384 e. The highest BCUT2D eigenvalue weighted by molar-refractivity contribution is 5.30. The van der Waals surface area contributed by atoms with E-state index >= 15 is 0 Å². The first-order valence-corrected chi connectivity index (χ1v) is 4.69. The molecule has 3 heteroatoms. The van der Waals surface area contributed by atoms with Gasteiger partial charge >= 0.3 is 0 Å². The van der Waals surface area contributed by atoms with Crippen LogP contribution in [0.15, 0.2) is 18.3 Å². The molecule has 1 fully saturated rings. The van der Waals surface area contributed by atoms with Crippen molar-refractivity contribution in [1.82, 2.24) is 9.88 Å². The third kappa shape index (κ3) is 1.65. The molecule has 0 bridgehead atoms. The van der Waals surface area contributed by atoms with Crippen LogP contribution in [0.2, 0.25) is 0 Å². The van der Waals surface area contributed by atoms with Gasteiger partial charge in [-0.25, -0.2) is 4.98 Å². The summed E-state index contributed by atoms with van der Waals surface area (Å²) in [5.74, 6) is 0.601. The second-order valence-corrected chi connectivity index (χ2v) is 3.66. The Morgan fingerprint density at radius 2 is 2.38 bits per heavy atom. The van der Waals surface area contributed by atoms with Crippen molar-refractivity contribution in [3.05, 3.63) is 23.9 Å². The van der Waals surface area contributed by atoms with Gasteiger partial charge in [0, 0.05) is 12.2 Å². The van der Waals surface area contributed by atoms with E-state index < -0.39 is 0 Å². The molecule has 1 aromatic rings. The van der Waals surface area contributed by atoms with Crippen molar-refractivity contribution < 1.29 is 0 Å². The van der Waals surface area contributed by atoms with Crippen LogP contribution in [0.4, 0.5) is 5.82 Å². The van der Waals surface area contributed by atoms with Crippen LogP contribution >= 0.6 is 0 Å². The van der Waals surface area contributed by atoms with E-state index in [0.717, 1.165) is 0 Å². The van der Waals surface area contributed by atoms with Gasteiger partial charge in [0.2, 0.25) is 0 Å². The van der Waals surface area contributed by atoms with Gasteiger partial charge in [0.1, 0.15) is 5.82 Å². The first kappa shape index (κ1) is 8.51. The lowest BCUT2D eigenvalue weighted by molar-refractivity contribution is 0.317. The fraction of sp³-hybridized carbons (Fsp3) is 0.500. The van der Waals surface area contributed by atoms with E-state index in [-0.39, 0.29) is 0 Å². The highest BCUT2D eigenvalue weighted by atomic mass is 15.1. The van der Waals surface area contributed by atoms with Crippen molar-refractivity contribution in [2.45, 2.75) is 18.9 Å². The molecule has 1 aliphatic heterocycles. The summed E-state index contributed by atoms with van der Waals surface area (Å²) < 4.78 is 0. The number of rotatable bonds is 1. The molecule has 0 aliphatic carbocycles. The van der Waals surface area contributed by atoms with E-state index in [0.29, 0.717) is 11.9 Å². The van der Waals surface area contributed by atoms with Crippen molar-refractivity contribution in [3.8, 4) is 0 Å². The van der Waals surface area contributed by atoms with Crippen molar-refractivity contribution >= 4 is 5.82 Å². The Kier molecular flexibility index (Phi) is 2.19. The molecule has 2 N–H and O–H groups in total. The Hall–Kier alpha value is -1.09. The Morgan fingerprint density at radius 1 is 1.54 bits per heavy atom. The number of nitrogen functional groups attached to an aromatic ring is 1. The molecule has 2 heterocycles. The van der Waals surface area contributed by atoms with Gasteiger partial charge in [-0.15, -0.1) is 0 Å². The maximum Gasteiger partial charge on any atom is 0.123 e. The normalized spacial score (nSPS) is 23.6. The van der Waals surface area contributed by atoms with Crippen molar-refractivity contribution in [2.24, 2.45) is 0 Å². The van der Waals surface area contributed by atoms with E-state index in [4.69, 9.17) is 5.73 Å². The Labute approximate surface area is 78.6 Å². The van der Waals surface area contributed by atoms with Crippen LogP contribution in [0.1, 0.15) is 24.4 Å². The van der Waals surface area contributed by atoms with Gasteiger partial charge in [-0.3, -0.25) is 4.90 Å². The van der Waals surface area contributed by atoms with Crippen LogP contribution in [0.5, 0.6) is 0 Å². The van der Waals surface area contributed by atoms with Crippen molar-refractivity contribution in [1.29, 1.82) is 0 Å². The predicted octanol–water partition coefficient (Wildman–Crippen LogP) is 1.43.